The maximum atomic E-state index is 13.2. The number of carbonyl (C=O) groups excluding carboxylic acids is 1. The molecule has 0 aromatic heterocycles. The van der Waals surface area contributed by atoms with Crippen LogP contribution in [-0.2, 0) is 23.0 Å². The van der Waals surface area contributed by atoms with Crippen LogP contribution in [0.2, 0.25) is 0 Å². The predicted octanol–water partition coefficient (Wildman–Crippen LogP) is 3.40. The Balaban J connectivity index is 1.24. The smallest absolute Gasteiger partial charge is 0.253 e. The number of sulfonamides is 1. The van der Waals surface area contributed by atoms with Crippen molar-refractivity contribution in [3.05, 3.63) is 95.6 Å². The normalized spacial score (nSPS) is 17.0. The van der Waals surface area contributed by atoms with Gasteiger partial charge in [-0.15, -0.1) is 0 Å². The van der Waals surface area contributed by atoms with E-state index < -0.39 is 10.0 Å². The number of carbonyl (C=O) groups is 1. The van der Waals surface area contributed by atoms with E-state index in [1.807, 2.05) is 41.3 Å². The Hall–Kier alpha value is -3.16. The van der Waals surface area contributed by atoms with Gasteiger partial charge >= 0.3 is 0 Å². The van der Waals surface area contributed by atoms with Crippen molar-refractivity contribution >= 4 is 21.6 Å². The Morgan fingerprint density at radius 3 is 2.03 bits per heavy atom. The molecule has 0 spiro atoms. The van der Waals surface area contributed by atoms with E-state index in [1.165, 1.54) is 15.6 Å². The van der Waals surface area contributed by atoms with Gasteiger partial charge in [-0.3, -0.25) is 4.79 Å². The van der Waals surface area contributed by atoms with Crippen LogP contribution < -0.4 is 4.90 Å². The van der Waals surface area contributed by atoms with Crippen molar-refractivity contribution in [2.45, 2.75) is 17.9 Å². The number of anilines is 1. The number of amides is 1. The van der Waals surface area contributed by atoms with Crippen LogP contribution >= 0.6 is 0 Å². The molecule has 0 bridgehead atoms. The standard InChI is InChI=1S/C26H27N3O3S/c30-26(28-18-16-27(17-19-28)24-8-2-1-3-9-24)22-10-12-25(13-11-22)33(31,32)29-15-14-21-6-4-5-7-23(21)20-29/h1-13H,14-20H2. The van der Waals surface area contributed by atoms with E-state index >= 15 is 0 Å². The summed E-state index contributed by atoms with van der Waals surface area (Å²) < 4.78 is 27.9. The number of nitrogens with zero attached hydrogens (tertiary/aromatic N) is 3. The van der Waals surface area contributed by atoms with Crippen LogP contribution in [0.3, 0.4) is 0 Å². The van der Waals surface area contributed by atoms with Gasteiger partial charge in [0.05, 0.1) is 4.90 Å². The zero-order valence-electron chi connectivity index (χ0n) is 18.4. The second-order valence-corrected chi connectivity index (χ2v) is 10.4. The van der Waals surface area contributed by atoms with E-state index in [-0.39, 0.29) is 10.8 Å². The molecule has 1 saturated heterocycles. The number of fused-ring (bicyclic) bond motifs is 1. The van der Waals surface area contributed by atoms with E-state index in [9.17, 15) is 13.2 Å². The topological polar surface area (TPSA) is 60.9 Å². The monoisotopic (exact) mass is 461 g/mol. The molecule has 0 radical (unpaired) electrons. The SMILES string of the molecule is O=C(c1ccc(S(=O)(=O)N2CCc3ccccc3C2)cc1)N1CCN(c2ccccc2)CC1. The molecule has 170 valence electrons. The number of hydrogen-bond acceptors (Lipinski definition) is 4. The van der Waals surface area contributed by atoms with Gasteiger partial charge in [-0.25, -0.2) is 8.42 Å². The summed E-state index contributed by atoms with van der Waals surface area (Å²) in [4.78, 5) is 17.3. The summed E-state index contributed by atoms with van der Waals surface area (Å²) in [5.74, 6) is -0.0569. The van der Waals surface area contributed by atoms with E-state index in [0.29, 0.717) is 38.2 Å². The zero-order valence-corrected chi connectivity index (χ0v) is 19.2. The Morgan fingerprint density at radius 2 is 1.33 bits per heavy atom. The van der Waals surface area contributed by atoms with Crippen molar-refractivity contribution in [3.8, 4) is 0 Å². The Kier molecular flexibility index (Phi) is 5.91. The second-order valence-electron chi connectivity index (χ2n) is 8.50. The zero-order chi connectivity index (χ0) is 22.8. The molecule has 3 aromatic rings. The third kappa shape index (κ3) is 4.38. The van der Waals surface area contributed by atoms with Crippen molar-refractivity contribution in [2.24, 2.45) is 0 Å². The first kappa shape index (κ1) is 21.7. The Bertz CT molecular complexity index is 1240. The molecular formula is C26H27N3O3S. The van der Waals surface area contributed by atoms with E-state index in [2.05, 4.69) is 23.1 Å². The highest BCUT2D eigenvalue weighted by molar-refractivity contribution is 7.89. The quantitative estimate of drug-likeness (QED) is 0.598. The van der Waals surface area contributed by atoms with Gasteiger partial charge in [-0.05, 0) is 53.9 Å². The van der Waals surface area contributed by atoms with E-state index in [0.717, 1.165) is 18.7 Å². The summed E-state index contributed by atoms with van der Waals surface area (Å²) >= 11 is 0. The first-order valence-electron chi connectivity index (χ1n) is 11.3. The van der Waals surface area contributed by atoms with Gasteiger partial charge in [0.2, 0.25) is 10.0 Å². The first-order valence-corrected chi connectivity index (χ1v) is 12.7. The molecule has 3 aromatic carbocycles. The molecule has 0 unspecified atom stereocenters. The van der Waals surface area contributed by atoms with Crippen molar-refractivity contribution in [2.75, 3.05) is 37.6 Å². The average Bonchev–Trinajstić information content (AvgIpc) is 2.88. The van der Waals surface area contributed by atoms with Gasteiger partial charge in [-0.1, -0.05) is 42.5 Å². The van der Waals surface area contributed by atoms with Crippen LogP contribution in [0, 0.1) is 0 Å². The van der Waals surface area contributed by atoms with Crippen LogP contribution in [0.4, 0.5) is 5.69 Å². The van der Waals surface area contributed by atoms with Crippen molar-refractivity contribution in [1.82, 2.24) is 9.21 Å². The molecule has 0 saturated carbocycles. The maximum Gasteiger partial charge on any atom is 0.253 e. The van der Waals surface area contributed by atoms with Gasteiger partial charge < -0.3 is 9.80 Å². The van der Waals surface area contributed by atoms with Crippen LogP contribution in [0.15, 0.2) is 83.8 Å². The fourth-order valence-electron chi connectivity index (χ4n) is 4.58. The fraction of sp³-hybridized carbons (Fsp3) is 0.269. The maximum absolute atomic E-state index is 13.2. The molecule has 0 atom stereocenters. The highest BCUT2D eigenvalue weighted by Crippen LogP contribution is 2.25. The van der Waals surface area contributed by atoms with E-state index in [1.54, 1.807) is 24.3 Å². The number of hydrogen-bond donors (Lipinski definition) is 0. The lowest BCUT2D eigenvalue weighted by atomic mass is 10.0. The molecule has 7 heteroatoms. The predicted molar refractivity (Wildman–Crippen MR) is 129 cm³/mol. The molecule has 2 aliphatic rings. The van der Waals surface area contributed by atoms with Gasteiger partial charge in [0.25, 0.3) is 5.91 Å². The molecule has 2 heterocycles. The molecule has 6 nitrogen and oxygen atoms in total. The molecule has 0 N–H and O–H groups in total. The Labute approximate surface area is 195 Å². The summed E-state index contributed by atoms with van der Waals surface area (Å²) in [5.41, 5.74) is 3.94. The van der Waals surface area contributed by atoms with Crippen molar-refractivity contribution < 1.29 is 13.2 Å². The summed E-state index contributed by atoms with van der Waals surface area (Å²) in [7, 11) is -3.61. The summed E-state index contributed by atoms with van der Waals surface area (Å²) in [6, 6.07) is 24.5. The van der Waals surface area contributed by atoms with E-state index in [4.69, 9.17) is 0 Å². The van der Waals surface area contributed by atoms with Crippen molar-refractivity contribution in [1.29, 1.82) is 0 Å². The van der Waals surface area contributed by atoms with Crippen LogP contribution in [0.1, 0.15) is 21.5 Å². The largest absolute Gasteiger partial charge is 0.368 e. The van der Waals surface area contributed by atoms with Crippen LogP contribution in [0.5, 0.6) is 0 Å². The highest BCUT2D eigenvalue weighted by atomic mass is 32.2. The lowest BCUT2D eigenvalue weighted by Gasteiger charge is -2.36. The summed E-state index contributed by atoms with van der Waals surface area (Å²) in [6.45, 7) is 3.68. The first-order chi connectivity index (χ1) is 16.0. The minimum absolute atomic E-state index is 0.0569. The summed E-state index contributed by atoms with van der Waals surface area (Å²) in [6.07, 6.45) is 0.709. The average molecular weight is 462 g/mol. The molecule has 5 rings (SSSR count). The third-order valence-electron chi connectivity index (χ3n) is 6.52. The number of piperazine rings is 1. The lowest BCUT2D eigenvalue weighted by molar-refractivity contribution is 0.0746. The fourth-order valence-corrected chi connectivity index (χ4v) is 6.00. The lowest BCUT2D eigenvalue weighted by Crippen LogP contribution is -2.48. The summed E-state index contributed by atoms with van der Waals surface area (Å²) in [5, 5.41) is 0. The molecule has 33 heavy (non-hydrogen) atoms. The van der Waals surface area contributed by atoms with Crippen LogP contribution in [0.25, 0.3) is 0 Å². The Morgan fingerprint density at radius 1 is 0.697 bits per heavy atom. The van der Waals surface area contributed by atoms with Crippen molar-refractivity contribution in [3.63, 3.8) is 0 Å². The molecule has 1 amide bonds. The number of para-hydroxylation sites is 1. The minimum atomic E-state index is -3.61. The third-order valence-corrected chi connectivity index (χ3v) is 8.38. The highest BCUT2D eigenvalue weighted by Gasteiger charge is 2.29. The molecule has 1 fully saturated rings. The number of benzene rings is 3. The minimum Gasteiger partial charge on any atom is -0.368 e. The molecule has 2 aliphatic heterocycles. The molecule has 0 aliphatic carbocycles. The molecular weight excluding hydrogens is 434 g/mol. The number of rotatable bonds is 4. The second kappa shape index (κ2) is 9.00. The van der Waals surface area contributed by atoms with Gasteiger partial charge in [0, 0.05) is 50.5 Å². The van der Waals surface area contributed by atoms with Gasteiger partial charge in [0.15, 0.2) is 0 Å². The van der Waals surface area contributed by atoms with Gasteiger partial charge in [-0.2, -0.15) is 4.31 Å². The van der Waals surface area contributed by atoms with Gasteiger partial charge in [0.1, 0.15) is 0 Å². The van der Waals surface area contributed by atoms with Crippen LogP contribution in [-0.4, -0.2) is 56.3 Å².